The molecule has 0 unspecified atom stereocenters. The van der Waals surface area contributed by atoms with Crippen molar-refractivity contribution in [3.63, 3.8) is 0 Å². The summed E-state index contributed by atoms with van der Waals surface area (Å²) in [5, 5.41) is 30.7. The number of rotatable bonds is 7. The second-order valence-electron chi connectivity index (χ2n) is 4.61. The summed E-state index contributed by atoms with van der Waals surface area (Å²) in [6, 6.07) is 4.91. The molecule has 0 spiro atoms. The molecule has 112 valence electrons. The number of nitrogens with one attached hydrogen (secondary N) is 1. The van der Waals surface area contributed by atoms with Crippen LogP contribution in [-0.4, -0.2) is 31.6 Å². The van der Waals surface area contributed by atoms with Gasteiger partial charge in [-0.05, 0) is 19.4 Å². The SMILES string of the molecule is Cc1c(NCc2cn(CCCO)nn2)cccc1[N+](=O)[O-]. The minimum absolute atomic E-state index is 0.0894. The molecular weight excluding hydrogens is 274 g/mol. The maximum absolute atomic E-state index is 10.9. The van der Waals surface area contributed by atoms with Crippen LogP contribution in [0.1, 0.15) is 17.7 Å². The van der Waals surface area contributed by atoms with Gasteiger partial charge in [-0.25, -0.2) is 0 Å². The molecule has 1 aromatic carbocycles. The molecule has 2 rings (SSSR count). The molecule has 0 saturated heterocycles. The zero-order chi connectivity index (χ0) is 15.2. The van der Waals surface area contributed by atoms with Crippen molar-refractivity contribution >= 4 is 11.4 Å². The molecule has 0 fully saturated rings. The van der Waals surface area contributed by atoms with Crippen molar-refractivity contribution in [3.8, 4) is 0 Å². The topological polar surface area (TPSA) is 106 Å². The molecule has 1 heterocycles. The number of benzene rings is 1. The van der Waals surface area contributed by atoms with Gasteiger partial charge in [-0.15, -0.1) is 5.10 Å². The summed E-state index contributed by atoms with van der Waals surface area (Å²) in [4.78, 5) is 10.5. The molecule has 1 aromatic heterocycles. The molecule has 0 atom stereocenters. The predicted octanol–water partition coefficient (Wildman–Crippen LogP) is 1.49. The van der Waals surface area contributed by atoms with Crippen LogP contribution in [-0.2, 0) is 13.1 Å². The smallest absolute Gasteiger partial charge is 0.274 e. The quantitative estimate of drug-likeness (QED) is 0.591. The Morgan fingerprint density at radius 1 is 1.48 bits per heavy atom. The van der Waals surface area contributed by atoms with Gasteiger partial charge in [0.15, 0.2) is 0 Å². The molecule has 2 aromatic rings. The maximum atomic E-state index is 10.9. The monoisotopic (exact) mass is 291 g/mol. The van der Waals surface area contributed by atoms with E-state index in [-0.39, 0.29) is 12.3 Å². The highest BCUT2D eigenvalue weighted by Crippen LogP contribution is 2.25. The molecule has 0 aliphatic heterocycles. The highest BCUT2D eigenvalue weighted by molar-refractivity contribution is 5.59. The van der Waals surface area contributed by atoms with Crippen LogP contribution in [0.3, 0.4) is 0 Å². The highest BCUT2D eigenvalue weighted by atomic mass is 16.6. The van der Waals surface area contributed by atoms with Crippen molar-refractivity contribution in [3.05, 3.63) is 45.8 Å². The Kier molecular flexibility index (Phi) is 4.83. The largest absolute Gasteiger partial charge is 0.396 e. The molecule has 0 amide bonds. The van der Waals surface area contributed by atoms with E-state index in [2.05, 4.69) is 15.6 Å². The number of nitrogens with zero attached hydrogens (tertiary/aromatic N) is 4. The second-order valence-corrected chi connectivity index (χ2v) is 4.61. The molecular formula is C13H17N5O3. The zero-order valence-electron chi connectivity index (χ0n) is 11.7. The van der Waals surface area contributed by atoms with Gasteiger partial charge in [0.25, 0.3) is 5.69 Å². The van der Waals surface area contributed by atoms with Crippen molar-refractivity contribution in [1.82, 2.24) is 15.0 Å². The summed E-state index contributed by atoms with van der Waals surface area (Å²) < 4.78 is 1.66. The molecule has 0 saturated carbocycles. The predicted molar refractivity (Wildman–Crippen MR) is 76.9 cm³/mol. The van der Waals surface area contributed by atoms with Crippen LogP contribution in [0.5, 0.6) is 0 Å². The summed E-state index contributed by atoms with van der Waals surface area (Å²) in [5.41, 5.74) is 2.12. The van der Waals surface area contributed by atoms with Crippen LogP contribution in [0, 0.1) is 17.0 Å². The van der Waals surface area contributed by atoms with Crippen molar-refractivity contribution in [2.24, 2.45) is 0 Å². The van der Waals surface area contributed by atoms with Gasteiger partial charge >= 0.3 is 0 Å². The molecule has 21 heavy (non-hydrogen) atoms. The lowest BCUT2D eigenvalue weighted by Crippen LogP contribution is -2.03. The minimum Gasteiger partial charge on any atom is -0.396 e. The van der Waals surface area contributed by atoms with E-state index >= 15 is 0 Å². The summed E-state index contributed by atoms with van der Waals surface area (Å²) in [5.74, 6) is 0. The first-order valence-electron chi connectivity index (χ1n) is 6.59. The Morgan fingerprint density at radius 3 is 3.00 bits per heavy atom. The Bertz CT molecular complexity index is 626. The van der Waals surface area contributed by atoms with E-state index in [0.717, 1.165) is 5.69 Å². The van der Waals surface area contributed by atoms with Crippen molar-refractivity contribution in [2.75, 3.05) is 11.9 Å². The Morgan fingerprint density at radius 2 is 2.29 bits per heavy atom. The summed E-state index contributed by atoms with van der Waals surface area (Å²) in [6.45, 7) is 2.86. The summed E-state index contributed by atoms with van der Waals surface area (Å²) in [7, 11) is 0. The Hall–Kier alpha value is -2.48. The fraction of sp³-hybridized carbons (Fsp3) is 0.385. The van der Waals surface area contributed by atoms with E-state index < -0.39 is 4.92 Å². The van der Waals surface area contributed by atoms with E-state index in [0.29, 0.717) is 30.8 Å². The van der Waals surface area contributed by atoms with Crippen molar-refractivity contribution < 1.29 is 10.0 Å². The summed E-state index contributed by atoms with van der Waals surface area (Å²) >= 11 is 0. The Balaban J connectivity index is 2.01. The number of nitro benzene ring substituents is 1. The minimum atomic E-state index is -0.397. The number of aliphatic hydroxyl groups excluding tert-OH is 1. The molecule has 0 bridgehead atoms. The first-order chi connectivity index (χ1) is 10.1. The number of aromatic nitrogens is 3. The molecule has 0 radical (unpaired) electrons. The van der Waals surface area contributed by atoms with Crippen LogP contribution in [0.2, 0.25) is 0 Å². The number of nitro groups is 1. The third-order valence-electron chi connectivity index (χ3n) is 3.09. The number of anilines is 1. The van der Waals surface area contributed by atoms with Gasteiger partial charge in [0.05, 0.1) is 17.7 Å². The van der Waals surface area contributed by atoms with Crippen LogP contribution in [0.25, 0.3) is 0 Å². The summed E-state index contributed by atoms with van der Waals surface area (Å²) in [6.07, 6.45) is 2.41. The third-order valence-corrected chi connectivity index (χ3v) is 3.09. The molecule has 0 aliphatic rings. The number of aliphatic hydroxyl groups is 1. The van der Waals surface area contributed by atoms with Gasteiger partial charge in [0, 0.05) is 30.5 Å². The maximum Gasteiger partial charge on any atom is 0.274 e. The van der Waals surface area contributed by atoms with Gasteiger partial charge in [0.1, 0.15) is 5.69 Å². The van der Waals surface area contributed by atoms with Gasteiger partial charge in [-0.2, -0.15) is 0 Å². The lowest BCUT2D eigenvalue weighted by molar-refractivity contribution is -0.385. The third kappa shape index (κ3) is 3.76. The van der Waals surface area contributed by atoms with E-state index in [4.69, 9.17) is 5.11 Å². The first kappa shape index (κ1) is 14.9. The second kappa shape index (κ2) is 6.80. The van der Waals surface area contributed by atoms with Crippen LogP contribution in [0.15, 0.2) is 24.4 Å². The fourth-order valence-electron chi connectivity index (χ4n) is 1.96. The van der Waals surface area contributed by atoms with E-state index in [1.807, 2.05) is 0 Å². The number of hydrogen-bond acceptors (Lipinski definition) is 6. The van der Waals surface area contributed by atoms with E-state index in [9.17, 15) is 10.1 Å². The van der Waals surface area contributed by atoms with Crippen LogP contribution in [0.4, 0.5) is 11.4 Å². The zero-order valence-corrected chi connectivity index (χ0v) is 11.7. The van der Waals surface area contributed by atoms with Crippen LogP contribution >= 0.6 is 0 Å². The van der Waals surface area contributed by atoms with Gasteiger partial charge < -0.3 is 10.4 Å². The average Bonchev–Trinajstić information content (AvgIpc) is 2.91. The normalized spacial score (nSPS) is 10.6. The van der Waals surface area contributed by atoms with Crippen molar-refractivity contribution in [1.29, 1.82) is 0 Å². The van der Waals surface area contributed by atoms with Gasteiger partial charge in [0.2, 0.25) is 0 Å². The van der Waals surface area contributed by atoms with Crippen LogP contribution < -0.4 is 5.32 Å². The number of aryl methyl sites for hydroxylation is 1. The molecule has 8 heteroatoms. The molecule has 8 nitrogen and oxygen atoms in total. The average molecular weight is 291 g/mol. The molecule has 0 aliphatic carbocycles. The number of hydrogen-bond donors (Lipinski definition) is 2. The van der Waals surface area contributed by atoms with Gasteiger partial charge in [-0.3, -0.25) is 14.8 Å². The van der Waals surface area contributed by atoms with Crippen molar-refractivity contribution in [2.45, 2.75) is 26.4 Å². The van der Waals surface area contributed by atoms with Gasteiger partial charge in [-0.1, -0.05) is 11.3 Å². The van der Waals surface area contributed by atoms with E-state index in [1.54, 1.807) is 29.9 Å². The lowest BCUT2D eigenvalue weighted by Gasteiger charge is -2.07. The van der Waals surface area contributed by atoms with E-state index in [1.165, 1.54) is 6.07 Å². The highest BCUT2D eigenvalue weighted by Gasteiger charge is 2.13. The standard InChI is InChI=1S/C13H17N5O3/c1-10-12(4-2-5-13(10)18(20)21)14-8-11-9-17(16-15-11)6-3-7-19/h2,4-5,9,14,19H,3,6-8H2,1H3. The fourth-order valence-corrected chi connectivity index (χ4v) is 1.96. The Labute approximate surface area is 121 Å². The molecule has 2 N–H and O–H groups in total. The first-order valence-corrected chi connectivity index (χ1v) is 6.59. The lowest BCUT2D eigenvalue weighted by atomic mass is 10.1.